The third kappa shape index (κ3) is 4.61. The minimum absolute atomic E-state index is 0.418. The lowest BCUT2D eigenvalue weighted by Crippen LogP contribution is -2.04. The fourth-order valence-electron chi connectivity index (χ4n) is 5.93. The first-order chi connectivity index (χ1) is 36.8. The lowest BCUT2D eigenvalue weighted by molar-refractivity contribution is 0.669. The van der Waals surface area contributed by atoms with Crippen LogP contribution in [-0.4, -0.2) is 0 Å². The van der Waals surface area contributed by atoms with Crippen LogP contribution in [-0.2, 0) is 12.8 Å². The molecule has 0 aliphatic heterocycles. The predicted molar refractivity (Wildman–Crippen MR) is 207 cm³/mol. The third-order valence-corrected chi connectivity index (χ3v) is 8.09. The van der Waals surface area contributed by atoms with E-state index in [1.165, 1.54) is 0 Å². The van der Waals surface area contributed by atoms with Crippen LogP contribution in [0.1, 0.15) is 65.0 Å². The van der Waals surface area contributed by atoms with Gasteiger partial charge >= 0.3 is 0 Å². The Morgan fingerprint density at radius 2 is 0.939 bits per heavy atom. The van der Waals surface area contributed by atoms with Gasteiger partial charge in [0.1, 0.15) is 11.2 Å². The van der Waals surface area contributed by atoms with Gasteiger partial charge in [-0.3, -0.25) is 0 Å². The van der Waals surface area contributed by atoms with E-state index < -0.39 is 282 Å². The predicted octanol–water partition coefficient (Wildman–Crippen LogP) is 13.4. The van der Waals surface area contributed by atoms with E-state index in [1.54, 1.807) is 0 Å². The van der Waals surface area contributed by atoms with Crippen LogP contribution >= 0.6 is 0 Å². The summed E-state index contributed by atoms with van der Waals surface area (Å²) in [6, 6.07) is -24.5. The van der Waals surface area contributed by atoms with E-state index in [-0.39, 0.29) is 0 Å². The molecule has 0 amide bonds. The first-order valence-electron chi connectivity index (χ1n) is 30.0. The lowest BCUT2D eigenvalue weighted by atomic mass is 9.84. The first kappa shape index (κ1) is 11.3. The molecule has 1 heterocycles. The van der Waals surface area contributed by atoms with Gasteiger partial charge in [0.05, 0.1) is 35.6 Å². The molecule has 1 aliphatic carbocycles. The van der Waals surface area contributed by atoms with E-state index in [9.17, 15) is 16.4 Å². The van der Waals surface area contributed by atoms with Gasteiger partial charge in [-0.1, -0.05) is 133 Å². The maximum absolute atomic E-state index is 9.73. The Kier molecular flexibility index (Phi) is 2.62. The van der Waals surface area contributed by atoms with Crippen LogP contribution in [0, 0.1) is 0 Å². The van der Waals surface area contributed by atoms with Crippen LogP contribution < -0.4 is 0 Å². The summed E-state index contributed by atoms with van der Waals surface area (Å²) < 4.78 is 276. The molecule has 0 radical (unpaired) electrons. The Bertz CT molecular complexity index is 4210. The molecule has 0 saturated carbocycles. The molecule has 1 aliphatic rings. The van der Waals surface area contributed by atoms with Crippen molar-refractivity contribution in [2.45, 2.75) is 25.6 Å². The van der Waals surface area contributed by atoms with Crippen LogP contribution in [0.25, 0.3) is 88.0 Å². The molecular weight excluding hydrogens is 593 g/mol. The zero-order valence-corrected chi connectivity index (χ0v) is 24.7. The van der Waals surface area contributed by atoms with Gasteiger partial charge in [-0.05, 0) is 127 Å². The highest BCUT2D eigenvalue weighted by molar-refractivity contribution is 6.22. The van der Waals surface area contributed by atoms with Gasteiger partial charge < -0.3 is 4.42 Å². The highest BCUT2D eigenvalue weighted by atomic mass is 16.3. The van der Waals surface area contributed by atoms with Crippen molar-refractivity contribution in [3.8, 4) is 44.5 Å². The molecule has 0 N–H and O–H groups in total. The highest BCUT2D eigenvalue weighted by Gasteiger charge is 2.19. The highest BCUT2D eigenvalue weighted by Crippen LogP contribution is 2.45. The minimum atomic E-state index is -1.81. The van der Waals surface area contributed by atoms with E-state index in [2.05, 4.69) is 0 Å². The van der Waals surface area contributed by atoms with E-state index in [0.717, 1.165) is 0 Å². The van der Waals surface area contributed by atoms with Crippen molar-refractivity contribution in [2.75, 3.05) is 0 Å². The Labute approximate surface area is 328 Å². The van der Waals surface area contributed by atoms with Crippen LogP contribution in [0.4, 0.5) is 0 Å². The number of hydrogen-bond donors (Lipinski definition) is 0. The van der Waals surface area contributed by atoms with Gasteiger partial charge in [0, 0.05) is 16.3 Å². The van der Waals surface area contributed by atoms with Gasteiger partial charge in [0.2, 0.25) is 0 Å². The van der Waals surface area contributed by atoms with Crippen LogP contribution in [0.5, 0.6) is 0 Å². The van der Waals surface area contributed by atoms with Gasteiger partial charge in [-0.25, -0.2) is 0 Å². The summed E-state index contributed by atoms with van der Waals surface area (Å²) >= 11 is 0. The first-order valence-corrected chi connectivity index (χ1v) is 14.7. The van der Waals surface area contributed by atoms with Crippen molar-refractivity contribution in [1.82, 2.24) is 0 Å². The third-order valence-electron chi connectivity index (χ3n) is 8.09. The molecule has 4 atom stereocenters. The van der Waals surface area contributed by atoms with E-state index in [4.69, 9.17) is 29.1 Å². The van der Waals surface area contributed by atoms with Crippen molar-refractivity contribution in [3.63, 3.8) is 0 Å². The number of furan rings is 1. The average molecular weight is 657 g/mol. The molecule has 4 unspecified atom stereocenters. The maximum atomic E-state index is 9.73. The summed E-state index contributed by atoms with van der Waals surface area (Å²) in [6.07, 6.45) is -6.84. The molecule has 0 spiro atoms. The maximum Gasteiger partial charge on any atom is 0.136 e. The van der Waals surface area contributed by atoms with Crippen molar-refractivity contribution in [2.24, 2.45) is 0 Å². The molecule has 0 saturated heterocycles. The molecule has 1 heteroatoms. The number of fused-ring (bicyclic) bond motifs is 6. The second-order valence-electron chi connectivity index (χ2n) is 10.8. The van der Waals surface area contributed by atoms with Crippen molar-refractivity contribution < 1.29 is 45.5 Å². The number of benzene rings is 8. The molecular formula is C48H34O. The summed E-state index contributed by atoms with van der Waals surface area (Å²) in [5, 5.41) is -4.09. The second-order valence-corrected chi connectivity index (χ2v) is 10.8. The van der Waals surface area contributed by atoms with Crippen molar-refractivity contribution in [3.05, 3.63) is 168 Å². The Balaban J connectivity index is 1.39. The molecule has 8 aromatic carbocycles. The Morgan fingerprint density at radius 1 is 0.408 bits per heavy atom. The molecule has 9 aromatic rings. The Morgan fingerprint density at radius 3 is 1.61 bits per heavy atom. The van der Waals surface area contributed by atoms with Gasteiger partial charge in [-0.2, -0.15) is 0 Å². The van der Waals surface area contributed by atoms with E-state index in [1.807, 2.05) is 0 Å². The standard InChI is InChI=1S/C48H34O/c1-2-11-31(12-3-1)35-25-27-39-40-28-26-36(30-46(40)49-45(39)29-35)48-43-18-8-6-16-41(43)47(42-17-7-9-19-44(42)48)34-23-21-33(22-24-34)38-20-10-14-32-13-4-5-15-37(32)38/h1-3,6-12,14,16-30H,4-5,13,15H2/i1D,2D,3D,4D,5D,6D,7D,8D,9D,10D,11D,12D,13D,14D,15D,16D,17D,18D,19D,20D,21D,22D,23D,24D,25D,26D,27D,28D,29D,30D. The Hall–Kier alpha value is -5.92. The summed E-state index contributed by atoms with van der Waals surface area (Å²) in [4.78, 5) is 0. The fourth-order valence-corrected chi connectivity index (χ4v) is 5.93. The van der Waals surface area contributed by atoms with E-state index in [0.29, 0.717) is 0 Å². The monoisotopic (exact) mass is 656 g/mol. The quantitative estimate of drug-likeness (QED) is 0.172. The normalized spacial score (nSPS) is 27.6. The lowest BCUT2D eigenvalue weighted by Gasteiger charge is -2.20. The van der Waals surface area contributed by atoms with Crippen LogP contribution in [0.2, 0.25) is 0 Å². The smallest absolute Gasteiger partial charge is 0.136 e. The summed E-state index contributed by atoms with van der Waals surface area (Å²) in [5.74, 6) is 0. The minimum Gasteiger partial charge on any atom is -0.456 e. The van der Waals surface area contributed by atoms with Crippen LogP contribution in [0.3, 0.4) is 0 Å². The zero-order valence-electron chi connectivity index (χ0n) is 54.7. The molecule has 0 bridgehead atoms. The van der Waals surface area contributed by atoms with Crippen LogP contribution in [0.15, 0.2) is 162 Å². The second kappa shape index (κ2) is 11.4. The molecule has 232 valence electrons. The molecule has 1 nitrogen and oxygen atoms in total. The molecule has 49 heavy (non-hydrogen) atoms. The van der Waals surface area contributed by atoms with Gasteiger partial charge in [0.15, 0.2) is 0 Å². The fraction of sp³-hybridized carbons (Fsp3) is 0.0833. The van der Waals surface area contributed by atoms with Crippen molar-refractivity contribution >= 4 is 43.5 Å². The number of rotatable bonds is 4. The van der Waals surface area contributed by atoms with Gasteiger partial charge in [-0.15, -0.1) is 0 Å². The zero-order chi connectivity index (χ0) is 58.4. The largest absolute Gasteiger partial charge is 0.456 e. The average Bonchev–Trinajstić information content (AvgIpc) is 3.87. The molecule has 1 aromatic heterocycles. The van der Waals surface area contributed by atoms with E-state index >= 15 is 0 Å². The van der Waals surface area contributed by atoms with Crippen molar-refractivity contribution in [1.29, 1.82) is 0 Å². The number of hydrogen-bond acceptors (Lipinski definition) is 1. The summed E-state index contributed by atoms with van der Waals surface area (Å²) in [5.41, 5.74) is -8.17. The molecule has 10 rings (SSSR count). The SMILES string of the molecule is [2H]c1c([2H])c([2H])c(-c2c([2H])c([2H])c3c(oc4c([2H])c(-c5c6c([2H])c([2H])c([2H])c([2H])c6c(-c6c([2H])c([2H])c(-c7c([2H])c([2H])c([2H])c8c7C([2H])C([2H])C([2H])C8[2H])c([2H])c6[2H])c6c([2H])c([2H])c([2H])c([2H])c56)c([2H])c([2H])c43)c2[2H])c([2H])c1[2H]. The van der Waals surface area contributed by atoms with Gasteiger partial charge in [0.25, 0.3) is 0 Å². The topological polar surface area (TPSA) is 13.1 Å². The molecule has 0 fully saturated rings. The summed E-state index contributed by atoms with van der Waals surface area (Å²) in [6.45, 7) is 0. The summed E-state index contributed by atoms with van der Waals surface area (Å²) in [7, 11) is 0.